The van der Waals surface area contributed by atoms with Crippen LogP contribution in [0, 0.1) is 0 Å². The van der Waals surface area contributed by atoms with Gasteiger partial charge in [-0.2, -0.15) is 0 Å². The summed E-state index contributed by atoms with van der Waals surface area (Å²) >= 11 is 5.57. The highest BCUT2D eigenvalue weighted by atomic mass is 35.5. The number of halogens is 1. The minimum Gasteiger partial charge on any atom is -0.365 e. The number of hydrogen-bond donors (Lipinski definition) is 1. The van der Waals surface area contributed by atoms with E-state index < -0.39 is 5.91 Å². The van der Waals surface area contributed by atoms with Crippen LogP contribution >= 0.6 is 11.6 Å². The van der Waals surface area contributed by atoms with Crippen molar-refractivity contribution in [3.05, 3.63) is 47.0 Å². The van der Waals surface area contributed by atoms with Crippen LogP contribution in [-0.2, 0) is 11.2 Å². The molecule has 1 aromatic carbocycles. The summed E-state index contributed by atoms with van der Waals surface area (Å²) in [5.74, 6) is -0.570. The molecular weight excluding hydrogens is 198 g/mol. The number of aryl methyl sites for hydroxylation is 1. The number of nitrogens with two attached hydrogens (primary N) is 1. The number of hydrogen-bond acceptors (Lipinski definition) is 1. The van der Waals surface area contributed by atoms with E-state index in [4.69, 9.17) is 17.3 Å². The van der Waals surface area contributed by atoms with Crippen LogP contribution in [0.25, 0.3) is 0 Å². The number of amides is 1. The molecule has 0 aliphatic heterocycles. The Balaban J connectivity index is 2.43. The summed E-state index contributed by atoms with van der Waals surface area (Å²) in [5, 5.41) is 0.112. The van der Waals surface area contributed by atoms with Gasteiger partial charge in [-0.15, -0.1) is 0 Å². The Morgan fingerprint density at radius 3 is 2.57 bits per heavy atom. The number of carbonyl (C=O) groups excluding carboxylic acids is 1. The second-order valence-electron chi connectivity index (χ2n) is 2.94. The molecule has 74 valence electrons. The lowest BCUT2D eigenvalue weighted by molar-refractivity contribution is -0.114. The maximum Gasteiger partial charge on any atom is 0.259 e. The molecule has 0 radical (unpaired) electrons. The lowest BCUT2D eigenvalue weighted by atomic mass is 10.1. The Hall–Kier alpha value is -1.28. The van der Waals surface area contributed by atoms with Gasteiger partial charge in [0, 0.05) is 0 Å². The fourth-order valence-corrected chi connectivity index (χ4v) is 1.22. The van der Waals surface area contributed by atoms with Gasteiger partial charge in [0.1, 0.15) is 5.03 Å². The topological polar surface area (TPSA) is 43.1 Å². The first-order valence-corrected chi connectivity index (χ1v) is 4.77. The van der Waals surface area contributed by atoms with E-state index in [1.807, 2.05) is 30.3 Å². The van der Waals surface area contributed by atoms with Crippen molar-refractivity contribution in [2.45, 2.75) is 12.8 Å². The van der Waals surface area contributed by atoms with Crippen molar-refractivity contribution in [3.8, 4) is 0 Å². The molecule has 0 aromatic heterocycles. The quantitative estimate of drug-likeness (QED) is 0.760. The van der Waals surface area contributed by atoms with Crippen molar-refractivity contribution in [1.29, 1.82) is 0 Å². The lowest BCUT2D eigenvalue weighted by Gasteiger charge is -1.97. The monoisotopic (exact) mass is 209 g/mol. The van der Waals surface area contributed by atoms with Gasteiger partial charge in [-0.05, 0) is 18.4 Å². The van der Waals surface area contributed by atoms with Crippen LogP contribution in [0.1, 0.15) is 12.0 Å². The summed E-state index contributed by atoms with van der Waals surface area (Å²) < 4.78 is 0. The Labute approximate surface area is 88.4 Å². The zero-order chi connectivity index (χ0) is 10.4. The molecule has 0 heterocycles. The second kappa shape index (κ2) is 5.45. The van der Waals surface area contributed by atoms with Crippen molar-refractivity contribution >= 4 is 17.5 Å². The summed E-state index contributed by atoms with van der Waals surface area (Å²) in [5.41, 5.74) is 6.20. The fraction of sp³-hybridized carbons (Fsp3) is 0.182. The highest BCUT2D eigenvalue weighted by Crippen LogP contribution is 2.06. The van der Waals surface area contributed by atoms with E-state index in [9.17, 15) is 4.79 Å². The fourth-order valence-electron chi connectivity index (χ4n) is 1.11. The third-order valence-corrected chi connectivity index (χ3v) is 2.18. The van der Waals surface area contributed by atoms with Crippen LogP contribution in [0.2, 0.25) is 0 Å². The van der Waals surface area contributed by atoms with Crippen LogP contribution in [0.3, 0.4) is 0 Å². The van der Waals surface area contributed by atoms with Gasteiger partial charge in [-0.25, -0.2) is 0 Å². The van der Waals surface area contributed by atoms with Gasteiger partial charge in [0.05, 0.1) is 0 Å². The number of allylic oxidation sites excluding steroid dienone is 1. The third-order valence-electron chi connectivity index (χ3n) is 1.83. The van der Waals surface area contributed by atoms with Gasteiger partial charge in [-0.1, -0.05) is 48.0 Å². The predicted molar refractivity (Wildman–Crippen MR) is 57.9 cm³/mol. The first kappa shape index (κ1) is 10.8. The lowest BCUT2D eigenvalue weighted by Crippen LogP contribution is -2.10. The van der Waals surface area contributed by atoms with Gasteiger partial charge in [0.2, 0.25) is 0 Å². The zero-order valence-electron chi connectivity index (χ0n) is 7.74. The number of primary amides is 1. The molecule has 0 saturated carbocycles. The van der Waals surface area contributed by atoms with Crippen molar-refractivity contribution < 1.29 is 4.79 Å². The average Bonchev–Trinajstić information content (AvgIpc) is 2.19. The van der Waals surface area contributed by atoms with E-state index >= 15 is 0 Å². The minimum atomic E-state index is -0.570. The molecule has 0 saturated heterocycles. The van der Waals surface area contributed by atoms with Crippen LogP contribution in [0.5, 0.6) is 0 Å². The number of benzene rings is 1. The minimum absolute atomic E-state index is 0.112. The first-order valence-electron chi connectivity index (χ1n) is 4.39. The molecular formula is C11H12ClNO. The zero-order valence-corrected chi connectivity index (χ0v) is 8.50. The van der Waals surface area contributed by atoms with Gasteiger partial charge < -0.3 is 5.73 Å². The summed E-state index contributed by atoms with van der Waals surface area (Å²) in [7, 11) is 0. The van der Waals surface area contributed by atoms with E-state index in [0.29, 0.717) is 0 Å². The predicted octanol–water partition coefficient (Wildman–Crippen LogP) is 2.23. The van der Waals surface area contributed by atoms with E-state index in [1.165, 1.54) is 5.56 Å². The summed E-state index contributed by atoms with van der Waals surface area (Å²) in [6, 6.07) is 10.00. The molecule has 2 nitrogen and oxygen atoms in total. The Kier molecular flexibility index (Phi) is 4.20. The number of carbonyl (C=O) groups is 1. The molecule has 1 amide bonds. The molecule has 0 spiro atoms. The SMILES string of the molecule is NC(=O)/C(Cl)=C/CCc1ccccc1. The van der Waals surface area contributed by atoms with Crippen molar-refractivity contribution in [2.24, 2.45) is 5.73 Å². The van der Waals surface area contributed by atoms with Crippen molar-refractivity contribution in [3.63, 3.8) is 0 Å². The molecule has 2 N–H and O–H groups in total. The van der Waals surface area contributed by atoms with E-state index in [1.54, 1.807) is 6.08 Å². The molecule has 0 atom stereocenters. The molecule has 1 rings (SSSR count). The Morgan fingerprint density at radius 2 is 2.00 bits per heavy atom. The van der Waals surface area contributed by atoms with Crippen LogP contribution in [0.4, 0.5) is 0 Å². The van der Waals surface area contributed by atoms with Gasteiger partial charge in [-0.3, -0.25) is 4.79 Å². The number of rotatable bonds is 4. The average molecular weight is 210 g/mol. The molecule has 14 heavy (non-hydrogen) atoms. The standard InChI is InChI=1S/C11H12ClNO/c12-10(11(13)14)8-4-7-9-5-2-1-3-6-9/h1-3,5-6,8H,4,7H2,(H2,13,14)/b10-8-. The normalized spacial score (nSPS) is 11.4. The molecule has 0 unspecified atom stereocenters. The second-order valence-corrected chi connectivity index (χ2v) is 3.35. The first-order chi connectivity index (χ1) is 6.70. The van der Waals surface area contributed by atoms with Gasteiger partial charge in [0.25, 0.3) is 5.91 Å². The molecule has 0 fully saturated rings. The summed E-state index contributed by atoms with van der Waals surface area (Å²) in [6.07, 6.45) is 3.24. The smallest absolute Gasteiger partial charge is 0.259 e. The van der Waals surface area contributed by atoms with Gasteiger partial charge >= 0.3 is 0 Å². The van der Waals surface area contributed by atoms with Crippen molar-refractivity contribution in [2.75, 3.05) is 0 Å². The summed E-state index contributed by atoms with van der Waals surface area (Å²) in [4.78, 5) is 10.6. The highest BCUT2D eigenvalue weighted by molar-refractivity contribution is 6.41. The van der Waals surface area contributed by atoms with Gasteiger partial charge in [0.15, 0.2) is 0 Å². The third kappa shape index (κ3) is 3.62. The van der Waals surface area contributed by atoms with Crippen LogP contribution in [-0.4, -0.2) is 5.91 Å². The maximum absolute atomic E-state index is 10.6. The molecule has 0 bridgehead atoms. The van der Waals surface area contributed by atoms with Crippen molar-refractivity contribution in [1.82, 2.24) is 0 Å². The van der Waals surface area contributed by atoms with E-state index in [2.05, 4.69) is 0 Å². The molecule has 3 heteroatoms. The largest absolute Gasteiger partial charge is 0.365 e. The van der Waals surface area contributed by atoms with Crippen LogP contribution < -0.4 is 5.73 Å². The summed E-state index contributed by atoms with van der Waals surface area (Å²) in [6.45, 7) is 0. The Bertz CT molecular complexity index is 332. The maximum atomic E-state index is 10.6. The molecule has 0 aliphatic carbocycles. The molecule has 0 aliphatic rings. The van der Waals surface area contributed by atoms with Crippen LogP contribution in [0.15, 0.2) is 41.4 Å². The van der Waals surface area contributed by atoms with E-state index in [-0.39, 0.29) is 5.03 Å². The molecule has 1 aromatic rings. The van der Waals surface area contributed by atoms with E-state index in [0.717, 1.165) is 12.8 Å². The highest BCUT2D eigenvalue weighted by Gasteiger charge is 1.98. The Morgan fingerprint density at radius 1 is 1.36 bits per heavy atom.